The minimum Gasteiger partial charge on any atom is -0.302 e. The fourth-order valence-electron chi connectivity index (χ4n) is 1.11. The number of hydrogen-bond donors (Lipinski definition) is 3. The van der Waals surface area contributed by atoms with E-state index in [0.717, 1.165) is 22.7 Å². The largest absolute Gasteiger partial charge is 0.302 e. The molecule has 0 aromatic rings. The third kappa shape index (κ3) is 4.67. The molecule has 0 amide bonds. The molecule has 0 radical (unpaired) electrons. The predicted octanol–water partition coefficient (Wildman–Crippen LogP) is -1.73. The lowest BCUT2D eigenvalue weighted by molar-refractivity contribution is -0.158. The van der Waals surface area contributed by atoms with Gasteiger partial charge in [0.1, 0.15) is 0 Å². The van der Waals surface area contributed by atoms with E-state index in [1.165, 1.54) is 21.3 Å². The first-order chi connectivity index (χ1) is 6.24. The normalized spacial score (nSPS) is 12.2. The third-order valence-corrected chi connectivity index (χ3v) is 1.95. The number of rotatable bonds is 8. The van der Waals surface area contributed by atoms with E-state index in [2.05, 4.69) is 16.4 Å². The molecule has 0 atom stereocenters. The Hall–Kier alpha value is -0.0231. The first-order valence-corrected chi connectivity index (χ1v) is 5.56. The summed E-state index contributed by atoms with van der Waals surface area (Å²) in [5, 5.41) is 0. The Morgan fingerprint density at radius 2 is 1.38 bits per heavy atom. The second-order valence-electron chi connectivity index (χ2n) is 2.57. The van der Waals surface area contributed by atoms with Crippen molar-refractivity contribution in [1.29, 1.82) is 0 Å². The average Bonchev–Trinajstić information content (AvgIpc) is 2.06. The van der Waals surface area contributed by atoms with E-state index in [4.69, 9.17) is 14.5 Å². The molecule has 0 saturated carbocycles. The highest BCUT2D eigenvalue weighted by Crippen LogP contribution is 2.04. The van der Waals surface area contributed by atoms with Gasteiger partial charge in [-0.2, -0.15) is 16.4 Å². The van der Waals surface area contributed by atoms with Gasteiger partial charge in [-0.25, -0.2) is 0 Å². The summed E-state index contributed by atoms with van der Waals surface area (Å²) in [4.78, 5) is 14.5. The van der Waals surface area contributed by atoms with Crippen molar-refractivity contribution in [1.82, 2.24) is 16.4 Å². The lowest BCUT2D eigenvalue weighted by Crippen LogP contribution is -2.65. The fraction of sp³-hybridized carbons (Fsp3) is 1.00. The summed E-state index contributed by atoms with van der Waals surface area (Å²) < 4.78 is 0. The summed E-state index contributed by atoms with van der Waals surface area (Å²) in [6.07, 6.45) is 0.800. The van der Waals surface area contributed by atoms with Crippen molar-refractivity contribution in [2.45, 2.75) is 18.3 Å². The van der Waals surface area contributed by atoms with Gasteiger partial charge in [0.15, 0.2) is 5.79 Å². The molecule has 13 heavy (non-hydrogen) atoms. The van der Waals surface area contributed by atoms with E-state index < -0.39 is 5.79 Å². The van der Waals surface area contributed by atoms with Crippen molar-refractivity contribution in [2.24, 2.45) is 0 Å². The highest BCUT2D eigenvalue weighted by Gasteiger charge is 2.28. The van der Waals surface area contributed by atoms with Gasteiger partial charge < -0.3 is 14.5 Å². The average molecular weight is 209 g/mol. The van der Waals surface area contributed by atoms with Gasteiger partial charge >= 0.3 is 0 Å². The van der Waals surface area contributed by atoms with Crippen LogP contribution in [-0.4, -0.2) is 37.4 Å². The molecule has 3 N–H and O–H groups in total. The van der Waals surface area contributed by atoms with Gasteiger partial charge in [-0.3, -0.25) is 0 Å². The van der Waals surface area contributed by atoms with Crippen molar-refractivity contribution in [3.63, 3.8) is 0 Å². The Morgan fingerprint density at radius 1 is 1.00 bits per heavy atom. The molecule has 0 aliphatic rings. The Morgan fingerprint density at radius 3 is 1.62 bits per heavy atom. The first kappa shape index (κ1) is 13.0. The van der Waals surface area contributed by atoms with Gasteiger partial charge in [0.05, 0.1) is 21.3 Å². The maximum atomic E-state index is 4.85. The SMILES string of the molecule is CONC(CC[SiH3])(NOC)NOC. The van der Waals surface area contributed by atoms with Crippen LogP contribution in [0.25, 0.3) is 0 Å². The molecule has 80 valence electrons. The smallest absolute Gasteiger partial charge is 0.188 e. The van der Waals surface area contributed by atoms with Crippen LogP contribution in [-0.2, 0) is 14.5 Å². The van der Waals surface area contributed by atoms with Crippen LogP contribution in [0, 0.1) is 0 Å². The number of hydroxylamine groups is 3. The summed E-state index contributed by atoms with van der Waals surface area (Å²) in [6, 6.07) is 1.07. The topological polar surface area (TPSA) is 63.8 Å². The Kier molecular flexibility index (Phi) is 7.37. The zero-order valence-corrected chi connectivity index (χ0v) is 10.6. The van der Waals surface area contributed by atoms with Crippen LogP contribution in [0.15, 0.2) is 0 Å². The zero-order valence-electron chi connectivity index (χ0n) is 8.64. The first-order valence-electron chi connectivity index (χ1n) is 4.15. The maximum absolute atomic E-state index is 4.85. The molecule has 0 fully saturated rings. The van der Waals surface area contributed by atoms with Gasteiger partial charge in [0.25, 0.3) is 0 Å². The van der Waals surface area contributed by atoms with Crippen LogP contribution in [0.1, 0.15) is 6.42 Å². The lowest BCUT2D eigenvalue weighted by atomic mass is 10.3. The molecule has 0 heterocycles. The van der Waals surface area contributed by atoms with E-state index in [1.54, 1.807) is 0 Å². The Bertz CT molecular complexity index is 98.2. The number of nitrogens with one attached hydrogen (secondary N) is 3. The van der Waals surface area contributed by atoms with E-state index in [-0.39, 0.29) is 0 Å². The Balaban J connectivity index is 4.19. The van der Waals surface area contributed by atoms with Crippen molar-refractivity contribution >= 4 is 10.2 Å². The van der Waals surface area contributed by atoms with Crippen molar-refractivity contribution in [3.05, 3.63) is 0 Å². The summed E-state index contributed by atoms with van der Waals surface area (Å²) in [7, 11) is 5.72. The van der Waals surface area contributed by atoms with Gasteiger partial charge in [0, 0.05) is 10.2 Å². The van der Waals surface area contributed by atoms with E-state index in [1.807, 2.05) is 0 Å². The highest BCUT2D eigenvalue weighted by atomic mass is 28.1. The second-order valence-corrected chi connectivity index (χ2v) is 3.57. The second kappa shape index (κ2) is 7.39. The van der Waals surface area contributed by atoms with Crippen LogP contribution in [0.2, 0.25) is 6.04 Å². The molecule has 0 unspecified atom stereocenters. The zero-order chi connectivity index (χ0) is 10.2. The van der Waals surface area contributed by atoms with Crippen LogP contribution < -0.4 is 16.4 Å². The standard InChI is InChI=1S/C6H19N3O3Si/c1-10-7-6(4-5-13,8-11-2)9-12-3/h7-9H,4-5H2,1-3,13H3. The molecule has 7 heteroatoms. The summed E-state index contributed by atoms with van der Waals surface area (Å²) in [6.45, 7) is 0. The van der Waals surface area contributed by atoms with Gasteiger partial charge in [-0.15, -0.1) is 0 Å². The fourth-order valence-corrected chi connectivity index (χ4v) is 1.86. The Labute approximate surface area is 81.6 Å². The van der Waals surface area contributed by atoms with E-state index in [0.29, 0.717) is 0 Å². The third-order valence-electron chi connectivity index (χ3n) is 1.45. The molecule has 0 bridgehead atoms. The van der Waals surface area contributed by atoms with E-state index in [9.17, 15) is 0 Å². The molecule has 0 aromatic carbocycles. The quantitative estimate of drug-likeness (QED) is 0.251. The minimum absolute atomic E-state index is 0.681. The molecule has 0 aliphatic carbocycles. The minimum atomic E-state index is -0.681. The predicted molar refractivity (Wildman–Crippen MR) is 52.5 cm³/mol. The molecule has 0 aliphatic heterocycles. The molecule has 6 nitrogen and oxygen atoms in total. The van der Waals surface area contributed by atoms with Crippen LogP contribution in [0.3, 0.4) is 0 Å². The van der Waals surface area contributed by atoms with Crippen LogP contribution in [0.4, 0.5) is 0 Å². The van der Waals surface area contributed by atoms with Gasteiger partial charge in [0.2, 0.25) is 0 Å². The maximum Gasteiger partial charge on any atom is 0.188 e. The highest BCUT2D eigenvalue weighted by molar-refractivity contribution is 6.08. The molecule has 0 spiro atoms. The lowest BCUT2D eigenvalue weighted by Gasteiger charge is -2.32. The molecule has 0 saturated heterocycles. The van der Waals surface area contributed by atoms with Crippen molar-refractivity contribution in [2.75, 3.05) is 21.3 Å². The monoisotopic (exact) mass is 209 g/mol. The molecular formula is C6H19N3O3Si. The molecule has 0 aromatic heterocycles. The van der Waals surface area contributed by atoms with Crippen LogP contribution >= 0.6 is 0 Å². The summed E-state index contributed by atoms with van der Waals surface area (Å²) in [5.74, 6) is -0.681. The summed E-state index contributed by atoms with van der Waals surface area (Å²) in [5.41, 5.74) is 8.25. The van der Waals surface area contributed by atoms with Gasteiger partial charge in [-0.05, 0) is 6.42 Å². The van der Waals surface area contributed by atoms with E-state index >= 15 is 0 Å². The van der Waals surface area contributed by atoms with Crippen molar-refractivity contribution < 1.29 is 14.5 Å². The van der Waals surface area contributed by atoms with Gasteiger partial charge in [-0.1, -0.05) is 6.04 Å². The van der Waals surface area contributed by atoms with Crippen molar-refractivity contribution in [3.8, 4) is 0 Å². The molecular weight excluding hydrogens is 190 g/mol. The number of hydrogen-bond acceptors (Lipinski definition) is 6. The molecule has 0 rings (SSSR count). The summed E-state index contributed by atoms with van der Waals surface area (Å²) >= 11 is 0. The van der Waals surface area contributed by atoms with Crippen LogP contribution in [0.5, 0.6) is 0 Å².